The van der Waals surface area contributed by atoms with E-state index in [1.807, 2.05) is 40.1 Å². The number of aryl methyl sites for hydroxylation is 3. The van der Waals surface area contributed by atoms with E-state index in [1.165, 1.54) is 34.8 Å². The molecular weight excluding hydrogens is 382 g/mol. The van der Waals surface area contributed by atoms with E-state index in [9.17, 15) is 0 Å². The van der Waals surface area contributed by atoms with Crippen molar-refractivity contribution in [3.8, 4) is 0 Å². The maximum Gasteiger partial charge on any atom is 0.194 e. The Balaban J connectivity index is 1.34. The van der Waals surface area contributed by atoms with Gasteiger partial charge in [-0.2, -0.15) is 0 Å². The molecule has 0 fully saturated rings. The Bertz CT molecular complexity index is 951. The average molecular weight is 412 g/mol. The Morgan fingerprint density at radius 3 is 3.03 bits per heavy atom. The van der Waals surface area contributed by atoms with Crippen LogP contribution in [0.2, 0.25) is 0 Å². The van der Waals surface area contributed by atoms with E-state index in [-0.39, 0.29) is 0 Å². The zero-order valence-corrected chi connectivity index (χ0v) is 18.1. The Kier molecular flexibility index (Phi) is 6.39. The fraction of sp³-hybridized carbons (Fsp3) is 0.524. The number of guanidine groups is 1. The SMILES string of the molecule is CCNC(=NCCCc1nnc2ccccn12)N(C)Cc1nc2c(s1)CCCC2. The fourth-order valence-corrected chi connectivity index (χ4v) is 4.91. The number of hydrogen-bond donors (Lipinski definition) is 1. The second kappa shape index (κ2) is 9.35. The van der Waals surface area contributed by atoms with Gasteiger partial charge in [0.1, 0.15) is 10.8 Å². The van der Waals surface area contributed by atoms with Gasteiger partial charge in [-0.3, -0.25) is 9.39 Å². The first-order valence-electron chi connectivity index (χ1n) is 10.5. The predicted octanol–water partition coefficient (Wildman–Crippen LogP) is 3.09. The Morgan fingerprint density at radius 1 is 1.28 bits per heavy atom. The molecule has 0 saturated heterocycles. The lowest BCUT2D eigenvalue weighted by atomic mass is 10.0. The third kappa shape index (κ3) is 4.75. The Hall–Kier alpha value is -2.48. The lowest BCUT2D eigenvalue weighted by Gasteiger charge is -2.21. The van der Waals surface area contributed by atoms with Gasteiger partial charge in [0.05, 0.1) is 12.2 Å². The summed E-state index contributed by atoms with van der Waals surface area (Å²) >= 11 is 1.87. The van der Waals surface area contributed by atoms with Crippen LogP contribution >= 0.6 is 11.3 Å². The number of thiazole rings is 1. The molecule has 0 atom stereocenters. The molecule has 8 heteroatoms. The van der Waals surface area contributed by atoms with Crippen molar-refractivity contribution in [1.82, 2.24) is 29.8 Å². The molecular formula is C21H29N7S. The monoisotopic (exact) mass is 411 g/mol. The molecule has 29 heavy (non-hydrogen) atoms. The zero-order valence-electron chi connectivity index (χ0n) is 17.3. The molecule has 0 aliphatic heterocycles. The predicted molar refractivity (Wildman–Crippen MR) is 118 cm³/mol. The van der Waals surface area contributed by atoms with Crippen LogP contribution in [0.3, 0.4) is 0 Å². The minimum atomic E-state index is 0.753. The third-order valence-corrected chi connectivity index (χ3v) is 6.31. The molecule has 1 aliphatic rings. The van der Waals surface area contributed by atoms with Crippen molar-refractivity contribution in [1.29, 1.82) is 0 Å². The van der Waals surface area contributed by atoms with Crippen molar-refractivity contribution in [2.75, 3.05) is 20.1 Å². The summed E-state index contributed by atoms with van der Waals surface area (Å²) in [6.07, 6.45) is 8.72. The first-order chi connectivity index (χ1) is 14.2. The summed E-state index contributed by atoms with van der Waals surface area (Å²) in [5.74, 6) is 1.93. The van der Waals surface area contributed by atoms with Gasteiger partial charge in [-0.1, -0.05) is 6.07 Å². The number of fused-ring (bicyclic) bond motifs is 2. The van der Waals surface area contributed by atoms with Gasteiger partial charge in [0.25, 0.3) is 0 Å². The smallest absolute Gasteiger partial charge is 0.194 e. The molecule has 4 rings (SSSR count). The van der Waals surface area contributed by atoms with Crippen molar-refractivity contribution in [3.63, 3.8) is 0 Å². The first-order valence-corrected chi connectivity index (χ1v) is 11.3. The molecule has 3 aromatic heterocycles. The Morgan fingerprint density at radius 2 is 2.17 bits per heavy atom. The van der Waals surface area contributed by atoms with Crippen molar-refractivity contribution in [2.45, 2.75) is 52.0 Å². The number of hydrogen-bond acceptors (Lipinski definition) is 5. The van der Waals surface area contributed by atoms with E-state index >= 15 is 0 Å². The number of rotatable bonds is 7. The van der Waals surface area contributed by atoms with Gasteiger partial charge in [-0.25, -0.2) is 4.98 Å². The summed E-state index contributed by atoms with van der Waals surface area (Å²) in [6.45, 7) is 4.52. The van der Waals surface area contributed by atoms with Crippen molar-refractivity contribution in [2.24, 2.45) is 4.99 Å². The van der Waals surface area contributed by atoms with E-state index in [2.05, 4.69) is 34.4 Å². The van der Waals surface area contributed by atoms with Gasteiger partial charge in [0.2, 0.25) is 0 Å². The molecule has 154 valence electrons. The maximum atomic E-state index is 4.87. The summed E-state index contributed by atoms with van der Waals surface area (Å²) in [5.41, 5.74) is 2.22. The number of nitrogens with one attached hydrogen (secondary N) is 1. The lowest BCUT2D eigenvalue weighted by molar-refractivity contribution is 0.474. The Labute approximate surface area is 175 Å². The lowest BCUT2D eigenvalue weighted by Crippen LogP contribution is -2.38. The molecule has 3 aromatic rings. The highest BCUT2D eigenvalue weighted by atomic mass is 32.1. The molecule has 0 aromatic carbocycles. The second-order valence-corrected chi connectivity index (χ2v) is 8.59. The molecule has 0 saturated carbocycles. The topological polar surface area (TPSA) is 70.7 Å². The molecule has 0 bridgehead atoms. The number of nitrogens with zero attached hydrogens (tertiary/aromatic N) is 6. The standard InChI is InChI=1S/C21H29N7S/c1-3-22-21(27(2)15-20-24-16-9-4-5-10-17(16)29-20)23-13-8-12-19-26-25-18-11-6-7-14-28(18)19/h6-7,11,14H,3-5,8-10,12-13,15H2,1-2H3,(H,22,23). The molecule has 1 aliphatic carbocycles. The van der Waals surface area contributed by atoms with Crippen LogP contribution in [0.4, 0.5) is 0 Å². The van der Waals surface area contributed by atoms with Crippen LogP contribution in [0.1, 0.15) is 47.6 Å². The number of pyridine rings is 1. The van der Waals surface area contributed by atoms with Crippen LogP contribution in [-0.2, 0) is 25.8 Å². The largest absolute Gasteiger partial charge is 0.357 e. The van der Waals surface area contributed by atoms with E-state index < -0.39 is 0 Å². The summed E-state index contributed by atoms with van der Waals surface area (Å²) < 4.78 is 2.05. The minimum absolute atomic E-state index is 0.753. The van der Waals surface area contributed by atoms with Crippen molar-refractivity contribution < 1.29 is 0 Å². The van der Waals surface area contributed by atoms with Gasteiger partial charge < -0.3 is 10.2 Å². The van der Waals surface area contributed by atoms with Crippen LogP contribution < -0.4 is 5.32 Å². The van der Waals surface area contributed by atoms with Gasteiger partial charge in [-0.05, 0) is 51.2 Å². The quantitative estimate of drug-likeness (QED) is 0.367. The second-order valence-electron chi connectivity index (χ2n) is 7.42. The van der Waals surface area contributed by atoms with Crippen LogP contribution in [-0.4, -0.2) is 50.6 Å². The number of aromatic nitrogens is 4. The van der Waals surface area contributed by atoms with Crippen molar-refractivity contribution >= 4 is 22.9 Å². The normalized spacial score (nSPS) is 14.2. The van der Waals surface area contributed by atoms with Crippen LogP contribution in [0.5, 0.6) is 0 Å². The van der Waals surface area contributed by atoms with E-state index in [0.29, 0.717) is 0 Å². The molecule has 0 unspecified atom stereocenters. The summed E-state index contributed by atoms with van der Waals surface area (Å²) in [6, 6.07) is 5.96. The van der Waals surface area contributed by atoms with E-state index in [1.54, 1.807) is 0 Å². The molecule has 0 spiro atoms. The fourth-order valence-electron chi connectivity index (χ4n) is 3.70. The first kappa shape index (κ1) is 19.8. The zero-order chi connectivity index (χ0) is 20.1. The van der Waals surface area contributed by atoms with Crippen molar-refractivity contribution in [3.05, 3.63) is 45.8 Å². The maximum absolute atomic E-state index is 4.87. The number of aliphatic imine (C=N–C) groups is 1. The highest BCUT2D eigenvalue weighted by molar-refractivity contribution is 7.11. The molecule has 0 amide bonds. The molecule has 3 heterocycles. The van der Waals surface area contributed by atoms with Crippen LogP contribution in [0.15, 0.2) is 29.4 Å². The highest BCUT2D eigenvalue weighted by Gasteiger charge is 2.17. The van der Waals surface area contributed by atoms with Gasteiger partial charge in [0, 0.05) is 37.6 Å². The van der Waals surface area contributed by atoms with Crippen LogP contribution in [0, 0.1) is 0 Å². The van der Waals surface area contributed by atoms with Gasteiger partial charge >= 0.3 is 0 Å². The third-order valence-electron chi connectivity index (χ3n) is 5.16. The van der Waals surface area contributed by atoms with Gasteiger partial charge in [-0.15, -0.1) is 21.5 Å². The van der Waals surface area contributed by atoms with E-state index in [0.717, 1.165) is 56.3 Å². The molecule has 7 nitrogen and oxygen atoms in total. The molecule has 1 N–H and O–H groups in total. The van der Waals surface area contributed by atoms with Gasteiger partial charge in [0.15, 0.2) is 11.6 Å². The minimum Gasteiger partial charge on any atom is -0.357 e. The molecule has 0 radical (unpaired) electrons. The average Bonchev–Trinajstić information content (AvgIpc) is 3.33. The summed E-state index contributed by atoms with van der Waals surface area (Å²) in [5, 5.41) is 13.1. The highest BCUT2D eigenvalue weighted by Crippen LogP contribution is 2.27. The summed E-state index contributed by atoms with van der Waals surface area (Å²) in [4.78, 5) is 13.4. The van der Waals surface area contributed by atoms with Crippen LogP contribution in [0.25, 0.3) is 5.65 Å². The van der Waals surface area contributed by atoms with E-state index in [4.69, 9.17) is 9.98 Å². The summed E-state index contributed by atoms with van der Waals surface area (Å²) in [7, 11) is 2.09.